The molecule has 4 aliphatic rings. The monoisotopic (exact) mass is 541 g/mol. The first-order valence-corrected chi connectivity index (χ1v) is 13.3. The van der Waals surface area contributed by atoms with Gasteiger partial charge in [0.05, 0.1) is 38.0 Å². The highest BCUT2D eigenvalue weighted by molar-refractivity contribution is 5.92. The number of piperidine rings is 1. The number of aliphatic imine (C=N–C) groups is 1. The third-order valence-electron chi connectivity index (χ3n) is 7.16. The topological polar surface area (TPSA) is 148 Å². The van der Waals surface area contributed by atoms with Crippen molar-refractivity contribution < 1.29 is 33.6 Å². The molecule has 4 atom stereocenters. The van der Waals surface area contributed by atoms with Gasteiger partial charge in [-0.15, -0.1) is 0 Å². The number of H-pyrrole nitrogens is 1. The Balaban J connectivity index is 1.12. The lowest BCUT2D eigenvalue weighted by Gasteiger charge is -2.46. The molecule has 0 radical (unpaired) electrons. The first-order valence-electron chi connectivity index (χ1n) is 13.3. The minimum absolute atomic E-state index is 0.0222. The highest BCUT2D eigenvalue weighted by Crippen LogP contribution is 2.37. The number of hydrogen-bond donors (Lipinski definition) is 3. The number of nitrogens with zero attached hydrogens (tertiary/aromatic N) is 3. The van der Waals surface area contributed by atoms with Gasteiger partial charge >= 0.3 is 6.09 Å². The molecule has 12 heteroatoms. The summed E-state index contributed by atoms with van der Waals surface area (Å²) in [6.45, 7) is 4.72. The Morgan fingerprint density at radius 3 is 2.74 bits per heavy atom. The third-order valence-corrected chi connectivity index (χ3v) is 7.16. The Morgan fingerprint density at radius 2 is 2.03 bits per heavy atom. The second kappa shape index (κ2) is 11.5. The van der Waals surface area contributed by atoms with Crippen LogP contribution in [0.2, 0.25) is 0 Å². The van der Waals surface area contributed by atoms with Crippen molar-refractivity contribution >= 4 is 24.0 Å². The van der Waals surface area contributed by atoms with Crippen molar-refractivity contribution in [1.82, 2.24) is 15.1 Å². The van der Waals surface area contributed by atoms with E-state index in [1.165, 1.54) is 19.4 Å². The fourth-order valence-electron chi connectivity index (χ4n) is 5.16. The van der Waals surface area contributed by atoms with Crippen LogP contribution in [0, 0.1) is 0 Å². The third kappa shape index (κ3) is 6.44. The molecule has 2 bridgehead atoms. The minimum Gasteiger partial charge on any atom is -0.507 e. The zero-order valence-electron chi connectivity index (χ0n) is 22.4. The zero-order valence-corrected chi connectivity index (χ0v) is 22.4. The number of aromatic amines is 1. The number of nitrogens with one attached hydrogen (secondary N) is 2. The summed E-state index contributed by atoms with van der Waals surface area (Å²) in [5.41, 5.74) is 1.24. The number of phenols is 1. The van der Waals surface area contributed by atoms with Crippen molar-refractivity contribution in [1.29, 1.82) is 0 Å². The van der Waals surface area contributed by atoms with E-state index < -0.39 is 5.91 Å². The van der Waals surface area contributed by atoms with E-state index in [1.54, 1.807) is 17.0 Å². The molecule has 1 aliphatic carbocycles. The SMILES string of the molecule is COc1cc(O)c(C=NC(C)C)c(OCC(=O)Nc2cc([C@H]3CC[C@@H](OC(=O)N4CC5CC(C4)O5)C3)[nH]n2)c1. The summed E-state index contributed by atoms with van der Waals surface area (Å²) in [7, 11) is 1.48. The summed E-state index contributed by atoms with van der Waals surface area (Å²) in [5.74, 6) is 0.718. The van der Waals surface area contributed by atoms with Crippen molar-refractivity contribution in [3.8, 4) is 17.2 Å². The van der Waals surface area contributed by atoms with E-state index in [-0.39, 0.29) is 54.5 Å². The van der Waals surface area contributed by atoms with E-state index in [0.29, 0.717) is 36.6 Å². The minimum atomic E-state index is -0.413. The van der Waals surface area contributed by atoms with Crippen LogP contribution in [0.5, 0.6) is 17.2 Å². The van der Waals surface area contributed by atoms with Gasteiger partial charge in [0.15, 0.2) is 12.4 Å². The average Bonchev–Trinajstić information content (AvgIpc) is 3.55. The van der Waals surface area contributed by atoms with E-state index in [0.717, 1.165) is 25.0 Å². The van der Waals surface area contributed by atoms with Crippen LogP contribution in [-0.4, -0.2) is 89.6 Å². The van der Waals surface area contributed by atoms with Crippen molar-refractivity contribution in [3.05, 3.63) is 29.5 Å². The number of aromatic hydroxyl groups is 1. The summed E-state index contributed by atoms with van der Waals surface area (Å²) in [6.07, 6.45) is 4.76. The smallest absolute Gasteiger partial charge is 0.410 e. The van der Waals surface area contributed by atoms with Gasteiger partial charge < -0.3 is 34.3 Å². The molecular formula is C27H35N5O7. The van der Waals surface area contributed by atoms with Crippen molar-refractivity contribution in [3.63, 3.8) is 0 Å². The number of benzene rings is 1. The number of aromatic nitrogens is 2. The Hall–Kier alpha value is -3.80. The quantitative estimate of drug-likeness (QED) is 0.410. The maximum atomic E-state index is 12.6. The number of phenolic OH excluding ortho intramolecular Hbond substituents is 1. The number of hydrogen-bond acceptors (Lipinski definition) is 9. The maximum absolute atomic E-state index is 12.6. The molecule has 4 heterocycles. The Bertz CT molecular complexity index is 1210. The van der Waals surface area contributed by atoms with Crippen molar-refractivity contribution in [2.24, 2.45) is 4.99 Å². The summed E-state index contributed by atoms with van der Waals surface area (Å²) >= 11 is 0. The summed E-state index contributed by atoms with van der Waals surface area (Å²) in [6, 6.07) is 4.86. The second-order valence-corrected chi connectivity index (χ2v) is 10.5. The maximum Gasteiger partial charge on any atom is 0.410 e. The van der Waals surface area contributed by atoms with E-state index >= 15 is 0 Å². The number of fused-ring (bicyclic) bond motifs is 2. The molecule has 2 unspecified atom stereocenters. The van der Waals surface area contributed by atoms with Crippen LogP contribution in [0.15, 0.2) is 23.2 Å². The van der Waals surface area contributed by atoms with Crippen molar-refractivity contribution in [2.75, 3.05) is 32.1 Å². The Kier molecular flexibility index (Phi) is 7.92. The molecule has 1 aromatic carbocycles. The van der Waals surface area contributed by atoms with Gasteiger partial charge in [0.2, 0.25) is 0 Å². The lowest BCUT2D eigenvalue weighted by molar-refractivity contribution is -0.175. The summed E-state index contributed by atoms with van der Waals surface area (Å²) in [5, 5.41) is 20.3. The molecule has 2 aromatic rings. The summed E-state index contributed by atoms with van der Waals surface area (Å²) in [4.78, 5) is 31.2. The molecule has 1 saturated carbocycles. The van der Waals surface area contributed by atoms with E-state index in [1.807, 2.05) is 13.8 Å². The van der Waals surface area contributed by atoms with Crippen LogP contribution in [-0.2, 0) is 14.3 Å². The first kappa shape index (κ1) is 26.8. The standard InChI is InChI=1S/C27H35N5O7/c1-15(2)28-11-21-23(33)8-18(36-3)9-24(21)37-14-26(34)29-25-10-22(30-31-25)16-4-5-17(6-16)39-27(35)32-12-19-7-20(13-32)38-19/h8-11,15-17,19-20,33H,4-7,12-14H2,1-3H3,(H2,29,30,31,34)/t16-,17+,19?,20?/m0/s1. The van der Waals surface area contributed by atoms with Crippen molar-refractivity contribution in [2.45, 2.75) is 69.8 Å². The van der Waals surface area contributed by atoms with Crippen LogP contribution >= 0.6 is 0 Å². The lowest BCUT2D eigenvalue weighted by atomic mass is 9.99. The summed E-state index contributed by atoms with van der Waals surface area (Å²) < 4.78 is 22.2. The largest absolute Gasteiger partial charge is 0.507 e. The van der Waals surface area contributed by atoms with Gasteiger partial charge in [-0.05, 0) is 33.1 Å². The number of carbonyl (C=O) groups excluding carboxylic acids is 2. The molecule has 4 fully saturated rings. The Labute approximate surface area is 226 Å². The van der Waals surface area contributed by atoms with Crippen LogP contribution in [0.25, 0.3) is 0 Å². The predicted octanol–water partition coefficient (Wildman–Crippen LogP) is 3.21. The zero-order chi connectivity index (χ0) is 27.5. The van der Waals surface area contributed by atoms with Crippen LogP contribution in [0.4, 0.5) is 10.6 Å². The molecule has 6 rings (SSSR count). The predicted molar refractivity (Wildman–Crippen MR) is 142 cm³/mol. The first-order chi connectivity index (χ1) is 18.8. The molecule has 2 amide bonds. The van der Waals surface area contributed by atoms with Gasteiger partial charge in [0.1, 0.15) is 23.4 Å². The normalized spacial score (nSPS) is 24.1. The van der Waals surface area contributed by atoms with Gasteiger partial charge in [-0.3, -0.25) is 14.9 Å². The number of carbonyl (C=O) groups is 2. The molecule has 0 spiro atoms. The number of morpholine rings is 1. The van der Waals surface area contributed by atoms with Gasteiger partial charge in [0.25, 0.3) is 5.91 Å². The molecule has 3 aliphatic heterocycles. The lowest BCUT2D eigenvalue weighted by Crippen LogP contribution is -2.59. The molecular weight excluding hydrogens is 506 g/mol. The fourth-order valence-corrected chi connectivity index (χ4v) is 5.16. The molecule has 39 heavy (non-hydrogen) atoms. The number of ether oxygens (including phenoxy) is 4. The van der Waals surface area contributed by atoms with E-state index in [4.69, 9.17) is 18.9 Å². The second-order valence-electron chi connectivity index (χ2n) is 10.5. The van der Waals surface area contributed by atoms with Crippen LogP contribution < -0.4 is 14.8 Å². The molecule has 12 nitrogen and oxygen atoms in total. The molecule has 3 N–H and O–H groups in total. The number of anilines is 1. The molecule has 210 valence electrons. The molecule has 3 saturated heterocycles. The average molecular weight is 542 g/mol. The Morgan fingerprint density at radius 1 is 1.26 bits per heavy atom. The van der Waals surface area contributed by atoms with Gasteiger partial charge in [-0.25, -0.2) is 4.79 Å². The van der Waals surface area contributed by atoms with Gasteiger partial charge in [-0.2, -0.15) is 5.10 Å². The van der Waals surface area contributed by atoms with Crippen LogP contribution in [0.1, 0.15) is 56.7 Å². The highest BCUT2D eigenvalue weighted by Gasteiger charge is 2.41. The van der Waals surface area contributed by atoms with Gasteiger partial charge in [-0.1, -0.05) is 0 Å². The van der Waals surface area contributed by atoms with E-state index in [9.17, 15) is 14.7 Å². The van der Waals surface area contributed by atoms with Crippen LogP contribution in [0.3, 0.4) is 0 Å². The number of methoxy groups -OCH3 is 1. The van der Waals surface area contributed by atoms with Gasteiger partial charge in [0, 0.05) is 48.5 Å². The van der Waals surface area contributed by atoms with E-state index in [2.05, 4.69) is 20.5 Å². The number of amides is 2. The number of rotatable bonds is 9. The fraction of sp³-hybridized carbons (Fsp3) is 0.556. The molecule has 1 aromatic heterocycles. The highest BCUT2D eigenvalue weighted by atomic mass is 16.6.